The summed E-state index contributed by atoms with van der Waals surface area (Å²) in [6.07, 6.45) is 0. The van der Waals surface area contributed by atoms with Crippen LogP contribution in [0.2, 0.25) is 0 Å². The van der Waals surface area contributed by atoms with Crippen molar-refractivity contribution < 1.29 is 22.0 Å². The van der Waals surface area contributed by atoms with Crippen LogP contribution in [0.4, 0.5) is 26.0 Å². The summed E-state index contributed by atoms with van der Waals surface area (Å²) in [5, 5.41) is 2.26. The van der Waals surface area contributed by atoms with E-state index in [4.69, 9.17) is 5.73 Å². The normalized spacial score (nSPS) is 11.4. The lowest BCUT2D eigenvalue weighted by atomic mass is 10.2. The molecule has 0 unspecified atom stereocenters. The molecule has 0 saturated heterocycles. The van der Waals surface area contributed by atoms with Crippen molar-refractivity contribution in [1.29, 1.82) is 0 Å². The number of nitrogen functional groups attached to an aromatic ring is 1. The number of carbonyl (C=O) groups is 1. The second-order valence-corrected chi connectivity index (χ2v) is 9.16. The Labute approximate surface area is 192 Å². The Kier molecular flexibility index (Phi) is 7.15. The molecule has 1 heterocycles. The van der Waals surface area contributed by atoms with Gasteiger partial charge in [0.2, 0.25) is 15.7 Å². The second kappa shape index (κ2) is 9.87. The molecule has 10 nitrogen and oxygen atoms in total. The van der Waals surface area contributed by atoms with E-state index < -0.39 is 44.2 Å². The van der Waals surface area contributed by atoms with Crippen LogP contribution < -0.4 is 27.2 Å². The molecule has 4 N–H and O–H groups in total. The van der Waals surface area contributed by atoms with E-state index in [0.29, 0.717) is 0 Å². The third kappa shape index (κ3) is 5.14. The maximum Gasteiger partial charge on any atom is 0.341 e. The number of nitrogens with two attached hydrogens (primary N) is 1. The van der Waals surface area contributed by atoms with Crippen LogP contribution in [-0.2, 0) is 21.2 Å². The number of amides is 1. The molecule has 0 aliphatic rings. The van der Waals surface area contributed by atoms with Crippen molar-refractivity contribution in [1.82, 2.24) is 9.55 Å². The summed E-state index contributed by atoms with van der Waals surface area (Å²) in [4.78, 5) is 39.8. The number of anilines is 3. The number of carbonyl (C=O) groups excluding carboxylic acids is 1. The maximum absolute atomic E-state index is 13.0. The molecule has 0 bridgehead atoms. The van der Waals surface area contributed by atoms with Gasteiger partial charge >= 0.3 is 11.4 Å². The Morgan fingerprint density at radius 2 is 1.74 bits per heavy atom. The van der Waals surface area contributed by atoms with Gasteiger partial charge in [-0.1, -0.05) is 42.5 Å². The van der Waals surface area contributed by atoms with Crippen molar-refractivity contribution in [3.63, 3.8) is 0 Å². The molecule has 2 aromatic carbocycles. The number of para-hydroxylation sites is 1. The SMILES string of the molecule is CN(CC(=O)Nc1ccccc1S(=O)(=O)C(F)F)c1c(N)n(Cc2ccccc2)c(=O)[nH]c1=O. The number of sulfone groups is 1. The van der Waals surface area contributed by atoms with Crippen molar-refractivity contribution in [2.75, 3.05) is 29.5 Å². The molecule has 13 heteroatoms. The zero-order chi connectivity index (χ0) is 25.0. The first kappa shape index (κ1) is 24.6. The van der Waals surface area contributed by atoms with E-state index in [0.717, 1.165) is 27.2 Å². The molecule has 0 saturated carbocycles. The van der Waals surface area contributed by atoms with Crippen molar-refractivity contribution >= 4 is 32.9 Å². The number of benzene rings is 2. The lowest BCUT2D eigenvalue weighted by molar-refractivity contribution is -0.114. The van der Waals surface area contributed by atoms with Gasteiger partial charge in [0.15, 0.2) is 0 Å². The van der Waals surface area contributed by atoms with Crippen LogP contribution in [0.3, 0.4) is 0 Å². The number of likely N-dealkylation sites (N-methyl/N-ethyl adjacent to an activating group) is 1. The second-order valence-electron chi connectivity index (χ2n) is 7.27. The first-order valence-corrected chi connectivity index (χ1v) is 11.4. The number of aromatic amines is 1. The highest BCUT2D eigenvalue weighted by molar-refractivity contribution is 7.91. The molecule has 180 valence electrons. The van der Waals surface area contributed by atoms with Gasteiger partial charge in [0.05, 0.1) is 23.7 Å². The van der Waals surface area contributed by atoms with Crippen LogP contribution in [0.15, 0.2) is 69.1 Å². The van der Waals surface area contributed by atoms with E-state index >= 15 is 0 Å². The van der Waals surface area contributed by atoms with Crippen LogP contribution in [-0.4, -0.2) is 43.2 Å². The number of halogens is 2. The monoisotopic (exact) mass is 493 g/mol. The van der Waals surface area contributed by atoms with E-state index in [-0.39, 0.29) is 23.7 Å². The van der Waals surface area contributed by atoms with Gasteiger partial charge in [-0.3, -0.25) is 19.1 Å². The molecular formula is C21H21F2N5O5S. The molecule has 0 atom stereocenters. The Hall–Kier alpha value is -4.00. The van der Waals surface area contributed by atoms with Gasteiger partial charge in [-0.15, -0.1) is 0 Å². The summed E-state index contributed by atoms with van der Waals surface area (Å²) in [7, 11) is -3.60. The van der Waals surface area contributed by atoms with Crippen molar-refractivity contribution in [2.24, 2.45) is 0 Å². The Morgan fingerprint density at radius 3 is 2.38 bits per heavy atom. The van der Waals surface area contributed by atoms with Gasteiger partial charge in [0.25, 0.3) is 5.56 Å². The number of rotatable bonds is 8. The number of hydrogen-bond donors (Lipinski definition) is 3. The van der Waals surface area contributed by atoms with E-state index in [1.54, 1.807) is 30.3 Å². The molecule has 0 aliphatic carbocycles. The minimum absolute atomic E-state index is 0.0637. The molecule has 3 aromatic rings. The average molecular weight is 493 g/mol. The molecular weight excluding hydrogens is 472 g/mol. The number of nitrogens with zero attached hydrogens (tertiary/aromatic N) is 2. The molecule has 3 rings (SSSR count). The fourth-order valence-corrected chi connectivity index (χ4v) is 4.15. The number of hydrogen-bond acceptors (Lipinski definition) is 7. The standard InChI is InChI=1S/C21H21F2N5O5S/c1-27(12-16(29)25-14-9-5-6-10-15(14)34(32,33)20(22)23)17-18(24)28(21(31)26-19(17)30)11-13-7-3-2-4-8-13/h2-10,20H,11-12,24H2,1H3,(H,25,29)(H,26,30,31). The summed E-state index contributed by atoms with van der Waals surface area (Å²) in [5.41, 5.74) is 4.75. The highest BCUT2D eigenvalue weighted by Crippen LogP contribution is 2.26. The summed E-state index contributed by atoms with van der Waals surface area (Å²) < 4.78 is 50.8. The number of nitrogens with one attached hydrogen (secondary N) is 2. The summed E-state index contributed by atoms with van der Waals surface area (Å²) in [5.74, 6) is -4.66. The minimum atomic E-state index is -4.96. The van der Waals surface area contributed by atoms with Gasteiger partial charge in [0.1, 0.15) is 11.5 Å². The predicted octanol–water partition coefficient (Wildman–Crippen LogP) is 1.24. The van der Waals surface area contributed by atoms with Crippen LogP contribution >= 0.6 is 0 Å². The summed E-state index contributed by atoms with van der Waals surface area (Å²) >= 11 is 0. The largest absolute Gasteiger partial charge is 0.383 e. The zero-order valence-electron chi connectivity index (χ0n) is 17.9. The molecule has 34 heavy (non-hydrogen) atoms. The highest BCUT2D eigenvalue weighted by atomic mass is 32.2. The van der Waals surface area contributed by atoms with Gasteiger partial charge in [-0.05, 0) is 17.7 Å². The lowest BCUT2D eigenvalue weighted by Crippen LogP contribution is -2.40. The average Bonchev–Trinajstić information content (AvgIpc) is 2.77. The molecule has 1 aromatic heterocycles. The first-order valence-electron chi connectivity index (χ1n) is 9.81. The molecule has 0 aliphatic heterocycles. The summed E-state index contributed by atoms with van der Waals surface area (Å²) in [6.45, 7) is -0.436. The zero-order valence-corrected chi connectivity index (χ0v) is 18.7. The smallest absolute Gasteiger partial charge is 0.341 e. The summed E-state index contributed by atoms with van der Waals surface area (Å²) in [6, 6.07) is 13.6. The van der Waals surface area contributed by atoms with E-state index in [2.05, 4.69) is 10.3 Å². The van der Waals surface area contributed by atoms with Crippen LogP contribution in [0.5, 0.6) is 0 Å². The topological polar surface area (TPSA) is 147 Å². The Morgan fingerprint density at radius 1 is 1.12 bits per heavy atom. The third-order valence-corrected chi connectivity index (χ3v) is 6.30. The van der Waals surface area contributed by atoms with Crippen molar-refractivity contribution in [3.8, 4) is 0 Å². The van der Waals surface area contributed by atoms with Crippen LogP contribution in [0.25, 0.3) is 0 Å². The highest BCUT2D eigenvalue weighted by Gasteiger charge is 2.29. The van der Waals surface area contributed by atoms with Crippen molar-refractivity contribution in [3.05, 3.63) is 81.0 Å². The van der Waals surface area contributed by atoms with E-state index in [9.17, 15) is 31.6 Å². The molecule has 0 spiro atoms. The van der Waals surface area contributed by atoms with E-state index in [1.807, 2.05) is 0 Å². The molecule has 0 radical (unpaired) electrons. The minimum Gasteiger partial charge on any atom is -0.383 e. The number of aromatic nitrogens is 2. The van der Waals surface area contributed by atoms with Gasteiger partial charge < -0.3 is 16.0 Å². The quantitative estimate of drug-likeness (QED) is 0.428. The van der Waals surface area contributed by atoms with Crippen LogP contribution in [0, 0.1) is 0 Å². The van der Waals surface area contributed by atoms with Crippen molar-refractivity contribution in [2.45, 2.75) is 17.2 Å². The molecule has 1 amide bonds. The first-order chi connectivity index (χ1) is 16.0. The lowest BCUT2D eigenvalue weighted by Gasteiger charge is -2.21. The van der Waals surface area contributed by atoms with E-state index in [1.165, 1.54) is 19.2 Å². The number of alkyl halides is 2. The maximum atomic E-state index is 13.0. The van der Waals surface area contributed by atoms with Gasteiger partial charge in [-0.25, -0.2) is 13.2 Å². The van der Waals surface area contributed by atoms with Gasteiger partial charge in [-0.2, -0.15) is 8.78 Å². The number of H-pyrrole nitrogens is 1. The predicted molar refractivity (Wildman–Crippen MR) is 123 cm³/mol. The fraction of sp³-hybridized carbons (Fsp3) is 0.190. The van der Waals surface area contributed by atoms with Crippen LogP contribution in [0.1, 0.15) is 5.56 Å². The Bertz CT molecular complexity index is 1420. The molecule has 0 fully saturated rings. The van der Waals surface area contributed by atoms with Gasteiger partial charge in [0, 0.05) is 7.05 Å². The third-order valence-electron chi connectivity index (χ3n) is 4.86. The fourth-order valence-electron chi connectivity index (χ4n) is 3.27. The Balaban J connectivity index is 1.86.